The number of benzene rings is 1. The molecule has 1 unspecified atom stereocenters. The van der Waals surface area contributed by atoms with Gasteiger partial charge in [0, 0.05) is 0 Å². The second-order valence-electron chi connectivity index (χ2n) is 7.73. The summed E-state index contributed by atoms with van der Waals surface area (Å²) in [6, 6.07) is 4.86. The zero-order valence-electron chi connectivity index (χ0n) is 16.9. The Labute approximate surface area is 162 Å². The topological polar surface area (TPSA) is 52.6 Å². The second kappa shape index (κ2) is 7.26. The molecule has 0 saturated heterocycles. The Morgan fingerprint density at radius 3 is 1.89 bits per heavy atom. The van der Waals surface area contributed by atoms with E-state index in [0.29, 0.717) is 5.56 Å². The van der Waals surface area contributed by atoms with Crippen LogP contribution >= 0.6 is 0 Å². The number of hydrogen-bond donors (Lipinski definition) is 0. The van der Waals surface area contributed by atoms with E-state index in [1.54, 1.807) is 20.8 Å². The summed E-state index contributed by atoms with van der Waals surface area (Å²) in [4.78, 5) is 25.4. The van der Waals surface area contributed by atoms with Gasteiger partial charge in [-0.15, -0.1) is 0 Å². The van der Waals surface area contributed by atoms with Gasteiger partial charge in [-0.05, 0) is 47.9 Å². The molecule has 1 aromatic carbocycles. The molecule has 2 rings (SSSR count). The first-order valence-corrected chi connectivity index (χ1v) is 8.88. The van der Waals surface area contributed by atoms with E-state index in [-0.39, 0.29) is 12.3 Å². The standard InChI is InChI=1S/C21H25F3O4/c1-12(14-7-9-15(10-8-14)21(22,23)24)16-11-20(17(25)27-5,18(26)28-6)19(3,4)13(16)2/h7-10,13H,11H2,1-6H3/b16-12+. The molecule has 0 aromatic heterocycles. The van der Waals surface area contributed by atoms with Crippen molar-refractivity contribution in [1.29, 1.82) is 0 Å². The first kappa shape index (κ1) is 22.0. The monoisotopic (exact) mass is 398 g/mol. The van der Waals surface area contributed by atoms with Crippen molar-refractivity contribution in [1.82, 2.24) is 0 Å². The minimum absolute atomic E-state index is 0.0906. The molecule has 1 aliphatic carbocycles. The molecule has 1 atom stereocenters. The van der Waals surface area contributed by atoms with E-state index in [2.05, 4.69) is 0 Å². The van der Waals surface area contributed by atoms with E-state index in [4.69, 9.17) is 9.47 Å². The smallest absolute Gasteiger partial charge is 0.416 e. The van der Waals surface area contributed by atoms with Crippen LogP contribution in [0.1, 0.15) is 45.2 Å². The lowest BCUT2D eigenvalue weighted by Gasteiger charge is -2.38. The van der Waals surface area contributed by atoms with Gasteiger partial charge in [0.25, 0.3) is 0 Å². The van der Waals surface area contributed by atoms with Gasteiger partial charge in [-0.1, -0.05) is 38.5 Å². The fourth-order valence-corrected chi connectivity index (χ4v) is 4.13. The molecule has 154 valence electrons. The average molecular weight is 398 g/mol. The predicted octanol–water partition coefficient (Wildman–Crippen LogP) is 4.88. The van der Waals surface area contributed by atoms with Crippen molar-refractivity contribution in [3.05, 3.63) is 41.0 Å². The number of ether oxygens (including phenoxy) is 2. The summed E-state index contributed by atoms with van der Waals surface area (Å²) in [5.41, 5.74) is -0.887. The molecule has 0 bridgehead atoms. The largest absolute Gasteiger partial charge is 0.468 e. The van der Waals surface area contributed by atoms with Crippen LogP contribution in [0.5, 0.6) is 0 Å². The molecule has 0 amide bonds. The first-order chi connectivity index (χ1) is 12.8. The van der Waals surface area contributed by atoms with Crippen LogP contribution in [0.4, 0.5) is 13.2 Å². The Morgan fingerprint density at radius 1 is 1.04 bits per heavy atom. The zero-order valence-corrected chi connectivity index (χ0v) is 16.9. The lowest BCUT2D eigenvalue weighted by atomic mass is 9.65. The van der Waals surface area contributed by atoms with Crippen molar-refractivity contribution in [3.8, 4) is 0 Å². The van der Waals surface area contributed by atoms with Gasteiger partial charge in [0.2, 0.25) is 0 Å². The number of allylic oxidation sites excluding steroid dienone is 2. The van der Waals surface area contributed by atoms with Crippen LogP contribution in [0.15, 0.2) is 29.8 Å². The minimum atomic E-state index is -4.41. The first-order valence-electron chi connectivity index (χ1n) is 8.88. The fraction of sp³-hybridized carbons (Fsp3) is 0.524. The van der Waals surface area contributed by atoms with E-state index in [0.717, 1.165) is 23.3 Å². The quantitative estimate of drug-likeness (QED) is 0.538. The van der Waals surface area contributed by atoms with Crippen molar-refractivity contribution in [3.63, 3.8) is 0 Å². The Bertz CT molecular complexity index is 788. The number of alkyl halides is 3. The molecule has 1 aliphatic rings. The molecule has 1 aromatic rings. The van der Waals surface area contributed by atoms with Crippen LogP contribution in [0.25, 0.3) is 5.57 Å². The van der Waals surface area contributed by atoms with Crippen molar-refractivity contribution in [2.75, 3.05) is 14.2 Å². The predicted molar refractivity (Wildman–Crippen MR) is 98.1 cm³/mol. The molecular formula is C21H25F3O4. The maximum atomic E-state index is 12.8. The van der Waals surface area contributed by atoms with Gasteiger partial charge in [0.05, 0.1) is 19.8 Å². The van der Waals surface area contributed by atoms with Crippen molar-refractivity contribution in [2.24, 2.45) is 16.7 Å². The van der Waals surface area contributed by atoms with Crippen LogP contribution in [0.3, 0.4) is 0 Å². The summed E-state index contributed by atoms with van der Waals surface area (Å²) in [7, 11) is 2.44. The molecule has 0 radical (unpaired) electrons. The molecule has 28 heavy (non-hydrogen) atoms. The van der Waals surface area contributed by atoms with E-state index >= 15 is 0 Å². The summed E-state index contributed by atoms with van der Waals surface area (Å²) in [5, 5.41) is 0. The number of hydrogen-bond acceptors (Lipinski definition) is 4. The Hall–Kier alpha value is -2.31. The third-order valence-electron chi connectivity index (χ3n) is 6.36. The summed E-state index contributed by atoms with van der Waals surface area (Å²) in [6.45, 7) is 7.29. The summed E-state index contributed by atoms with van der Waals surface area (Å²) in [6.07, 6.45) is -4.32. The molecule has 1 fully saturated rings. The van der Waals surface area contributed by atoms with E-state index in [1.165, 1.54) is 26.4 Å². The Morgan fingerprint density at radius 2 is 1.50 bits per heavy atom. The zero-order chi connectivity index (χ0) is 21.5. The van der Waals surface area contributed by atoms with Crippen molar-refractivity contribution >= 4 is 17.5 Å². The number of esters is 2. The van der Waals surface area contributed by atoms with Crippen LogP contribution in [0, 0.1) is 16.7 Å². The van der Waals surface area contributed by atoms with Gasteiger partial charge < -0.3 is 9.47 Å². The maximum absolute atomic E-state index is 12.8. The third-order valence-corrected chi connectivity index (χ3v) is 6.36. The van der Waals surface area contributed by atoms with Crippen LogP contribution < -0.4 is 0 Å². The minimum Gasteiger partial charge on any atom is -0.468 e. The average Bonchev–Trinajstić information content (AvgIpc) is 2.86. The highest BCUT2D eigenvalue weighted by Crippen LogP contribution is 2.60. The van der Waals surface area contributed by atoms with E-state index in [1.807, 2.05) is 6.92 Å². The molecular weight excluding hydrogens is 373 g/mol. The SMILES string of the molecule is COC(=O)C1(C(=O)OC)C/C(=C(/C)c2ccc(C(F)(F)F)cc2)C(C)C1(C)C. The van der Waals surface area contributed by atoms with Gasteiger partial charge in [-0.3, -0.25) is 9.59 Å². The number of rotatable bonds is 3. The van der Waals surface area contributed by atoms with Gasteiger partial charge in [-0.2, -0.15) is 13.2 Å². The van der Waals surface area contributed by atoms with E-state index < -0.39 is 34.5 Å². The number of methoxy groups -OCH3 is 2. The van der Waals surface area contributed by atoms with Gasteiger partial charge in [0.15, 0.2) is 5.41 Å². The fourth-order valence-electron chi connectivity index (χ4n) is 4.13. The number of carbonyl (C=O) groups is 2. The van der Waals surface area contributed by atoms with E-state index in [9.17, 15) is 22.8 Å². The molecule has 0 spiro atoms. The molecule has 0 heterocycles. The van der Waals surface area contributed by atoms with Crippen LogP contribution in [-0.2, 0) is 25.2 Å². The molecule has 7 heteroatoms. The highest BCUT2D eigenvalue weighted by Gasteiger charge is 2.66. The Balaban J connectivity index is 2.60. The second-order valence-corrected chi connectivity index (χ2v) is 7.73. The molecule has 4 nitrogen and oxygen atoms in total. The number of carbonyl (C=O) groups excluding carboxylic acids is 2. The third kappa shape index (κ3) is 3.20. The van der Waals surface area contributed by atoms with Crippen molar-refractivity contribution in [2.45, 2.75) is 40.3 Å². The maximum Gasteiger partial charge on any atom is 0.416 e. The van der Waals surface area contributed by atoms with Crippen molar-refractivity contribution < 1.29 is 32.2 Å². The van der Waals surface area contributed by atoms with Gasteiger partial charge in [-0.25, -0.2) is 0 Å². The summed E-state index contributed by atoms with van der Waals surface area (Å²) in [5.74, 6) is -1.55. The van der Waals surface area contributed by atoms with Gasteiger partial charge >= 0.3 is 18.1 Å². The highest BCUT2D eigenvalue weighted by atomic mass is 19.4. The van der Waals surface area contributed by atoms with Crippen LogP contribution in [0.2, 0.25) is 0 Å². The molecule has 0 N–H and O–H groups in total. The van der Waals surface area contributed by atoms with Gasteiger partial charge in [0.1, 0.15) is 0 Å². The van der Waals surface area contributed by atoms with Crippen LogP contribution in [-0.4, -0.2) is 26.2 Å². The number of halogens is 3. The molecule has 1 saturated carbocycles. The lowest BCUT2D eigenvalue weighted by molar-refractivity contribution is -0.177. The molecule has 0 aliphatic heterocycles. The Kier molecular flexibility index (Phi) is 5.70. The highest BCUT2D eigenvalue weighted by molar-refractivity contribution is 6.02. The normalized spacial score (nSPS) is 22.5. The lowest BCUT2D eigenvalue weighted by Crippen LogP contribution is -2.50. The summed E-state index contributed by atoms with van der Waals surface area (Å²) < 4.78 is 48.4. The summed E-state index contributed by atoms with van der Waals surface area (Å²) >= 11 is 0.